The molecule has 1 amide bonds. The van der Waals surface area contributed by atoms with Crippen LogP contribution in [-0.4, -0.2) is 43.1 Å². The van der Waals surface area contributed by atoms with Gasteiger partial charge in [0.05, 0.1) is 0 Å². The van der Waals surface area contributed by atoms with E-state index < -0.39 is 0 Å². The van der Waals surface area contributed by atoms with Gasteiger partial charge in [-0.25, -0.2) is 0 Å². The lowest BCUT2D eigenvalue weighted by Crippen LogP contribution is -2.48. The number of amides is 1. The van der Waals surface area contributed by atoms with E-state index in [0.29, 0.717) is 12.5 Å². The largest absolute Gasteiger partial charge is 0.480 e. The zero-order valence-electron chi connectivity index (χ0n) is 13.3. The maximum absolute atomic E-state index is 12.6. The summed E-state index contributed by atoms with van der Waals surface area (Å²) in [6, 6.07) is 8.39. The molecule has 0 aromatic heterocycles. The molecule has 1 fully saturated rings. The molecule has 21 heavy (non-hydrogen) atoms. The highest BCUT2D eigenvalue weighted by molar-refractivity contribution is 5.81. The van der Waals surface area contributed by atoms with E-state index in [4.69, 9.17) is 4.74 Å². The molecular weight excluding hydrogens is 264 g/mol. The number of hydrogen-bond donors (Lipinski definition) is 1. The molecule has 0 bridgehead atoms. The molecule has 0 aliphatic carbocycles. The number of aryl methyl sites for hydroxylation is 1. The predicted octanol–water partition coefficient (Wildman–Crippen LogP) is 2.36. The number of likely N-dealkylation sites (tertiary alicyclic amines) is 1. The average molecular weight is 290 g/mol. The molecule has 1 saturated heterocycles. The Bertz CT molecular complexity index is 468. The second kappa shape index (κ2) is 7.46. The number of carbonyl (C=O) groups is 1. The SMILES string of the molecule is CCC(Oc1ccccc1C)C(=O)N1CCC(NC)CC1. The molecule has 1 atom stereocenters. The van der Waals surface area contributed by atoms with Crippen molar-refractivity contribution in [2.45, 2.75) is 45.3 Å². The van der Waals surface area contributed by atoms with E-state index in [-0.39, 0.29) is 12.0 Å². The molecule has 0 spiro atoms. The zero-order valence-corrected chi connectivity index (χ0v) is 13.3. The standard InChI is InChI=1S/C17H26N2O2/c1-4-15(21-16-8-6-5-7-13(16)2)17(20)19-11-9-14(18-3)10-12-19/h5-8,14-15,18H,4,9-12H2,1-3H3. The van der Waals surface area contributed by atoms with Crippen molar-refractivity contribution in [3.8, 4) is 5.75 Å². The van der Waals surface area contributed by atoms with Crippen LogP contribution in [0.2, 0.25) is 0 Å². The quantitative estimate of drug-likeness (QED) is 0.905. The highest BCUT2D eigenvalue weighted by Gasteiger charge is 2.28. The van der Waals surface area contributed by atoms with E-state index >= 15 is 0 Å². The van der Waals surface area contributed by atoms with E-state index in [1.807, 2.05) is 50.1 Å². The van der Waals surface area contributed by atoms with Crippen LogP contribution in [0.15, 0.2) is 24.3 Å². The summed E-state index contributed by atoms with van der Waals surface area (Å²) in [5.74, 6) is 0.929. The van der Waals surface area contributed by atoms with Gasteiger partial charge in [-0.05, 0) is 44.9 Å². The Morgan fingerprint density at radius 1 is 1.38 bits per heavy atom. The molecule has 1 heterocycles. The first kappa shape index (κ1) is 15.8. The molecule has 2 rings (SSSR count). The Kier molecular flexibility index (Phi) is 5.62. The Balaban J connectivity index is 1.98. The molecule has 1 aliphatic heterocycles. The van der Waals surface area contributed by atoms with Crippen LogP contribution < -0.4 is 10.1 Å². The minimum absolute atomic E-state index is 0.121. The van der Waals surface area contributed by atoms with Crippen molar-refractivity contribution in [2.24, 2.45) is 0 Å². The molecule has 0 radical (unpaired) electrons. The summed E-state index contributed by atoms with van der Waals surface area (Å²) in [6.45, 7) is 5.64. The average Bonchev–Trinajstić information content (AvgIpc) is 2.53. The van der Waals surface area contributed by atoms with Crippen molar-refractivity contribution in [1.82, 2.24) is 10.2 Å². The van der Waals surface area contributed by atoms with Gasteiger partial charge in [0.2, 0.25) is 0 Å². The van der Waals surface area contributed by atoms with Crippen molar-refractivity contribution in [2.75, 3.05) is 20.1 Å². The van der Waals surface area contributed by atoms with E-state index in [2.05, 4.69) is 5.32 Å². The van der Waals surface area contributed by atoms with Crippen LogP contribution in [0.1, 0.15) is 31.7 Å². The van der Waals surface area contributed by atoms with Gasteiger partial charge in [-0.15, -0.1) is 0 Å². The molecule has 1 aromatic rings. The van der Waals surface area contributed by atoms with Crippen LogP contribution in [0.5, 0.6) is 5.75 Å². The van der Waals surface area contributed by atoms with E-state index in [1.165, 1.54) is 0 Å². The van der Waals surface area contributed by atoms with Gasteiger partial charge in [0.1, 0.15) is 5.75 Å². The zero-order chi connectivity index (χ0) is 15.2. The number of nitrogens with zero attached hydrogens (tertiary/aromatic N) is 1. The van der Waals surface area contributed by atoms with Crippen LogP contribution in [0, 0.1) is 6.92 Å². The van der Waals surface area contributed by atoms with Gasteiger partial charge in [0.25, 0.3) is 5.91 Å². The van der Waals surface area contributed by atoms with Crippen LogP contribution in [0.4, 0.5) is 0 Å². The fourth-order valence-electron chi connectivity index (χ4n) is 2.74. The Labute approximate surface area is 127 Å². The van der Waals surface area contributed by atoms with Gasteiger partial charge in [-0.1, -0.05) is 25.1 Å². The lowest BCUT2D eigenvalue weighted by Gasteiger charge is -2.34. The second-order valence-electron chi connectivity index (χ2n) is 5.67. The number of ether oxygens (including phenoxy) is 1. The summed E-state index contributed by atoms with van der Waals surface area (Å²) >= 11 is 0. The molecule has 1 unspecified atom stereocenters. The summed E-state index contributed by atoms with van der Waals surface area (Å²) in [6.07, 6.45) is 2.35. The lowest BCUT2D eigenvalue weighted by molar-refractivity contribution is -0.140. The molecule has 4 heteroatoms. The van der Waals surface area contributed by atoms with Gasteiger partial charge >= 0.3 is 0 Å². The lowest BCUT2D eigenvalue weighted by atomic mass is 10.0. The Morgan fingerprint density at radius 2 is 2.05 bits per heavy atom. The maximum atomic E-state index is 12.6. The van der Waals surface area contributed by atoms with Crippen LogP contribution in [-0.2, 0) is 4.79 Å². The fraction of sp³-hybridized carbons (Fsp3) is 0.588. The van der Waals surface area contributed by atoms with Gasteiger partial charge < -0.3 is 15.0 Å². The number of carbonyl (C=O) groups excluding carboxylic acids is 1. The third-order valence-corrected chi connectivity index (χ3v) is 4.22. The topological polar surface area (TPSA) is 41.6 Å². The van der Waals surface area contributed by atoms with Crippen molar-refractivity contribution in [3.63, 3.8) is 0 Å². The van der Waals surface area contributed by atoms with Crippen molar-refractivity contribution >= 4 is 5.91 Å². The first-order chi connectivity index (χ1) is 10.2. The summed E-state index contributed by atoms with van der Waals surface area (Å²) in [5, 5.41) is 3.28. The van der Waals surface area contributed by atoms with Crippen LogP contribution in [0.25, 0.3) is 0 Å². The van der Waals surface area contributed by atoms with Gasteiger partial charge in [-0.3, -0.25) is 4.79 Å². The molecule has 4 nitrogen and oxygen atoms in total. The van der Waals surface area contributed by atoms with Crippen molar-refractivity contribution in [1.29, 1.82) is 0 Å². The van der Waals surface area contributed by atoms with Gasteiger partial charge in [0, 0.05) is 19.1 Å². The predicted molar refractivity (Wildman–Crippen MR) is 84.5 cm³/mol. The summed E-state index contributed by atoms with van der Waals surface area (Å²) in [5.41, 5.74) is 1.07. The highest BCUT2D eigenvalue weighted by Crippen LogP contribution is 2.20. The minimum Gasteiger partial charge on any atom is -0.480 e. The minimum atomic E-state index is -0.378. The summed E-state index contributed by atoms with van der Waals surface area (Å²) in [7, 11) is 1.98. The fourth-order valence-corrected chi connectivity index (χ4v) is 2.74. The number of rotatable bonds is 5. The van der Waals surface area contributed by atoms with Crippen molar-refractivity contribution < 1.29 is 9.53 Å². The number of benzene rings is 1. The summed E-state index contributed by atoms with van der Waals surface area (Å²) in [4.78, 5) is 14.6. The van der Waals surface area contributed by atoms with Gasteiger partial charge in [-0.2, -0.15) is 0 Å². The second-order valence-corrected chi connectivity index (χ2v) is 5.67. The summed E-state index contributed by atoms with van der Waals surface area (Å²) < 4.78 is 5.96. The van der Waals surface area contributed by atoms with Gasteiger partial charge in [0.15, 0.2) is 6.10 Å². The number of hydrogen-bond acceptors (Lipinski definition) is 3. The van der Waals surface area contributed by atoms with E-state index in [0.717, 1.165) is 37.2 Å². The normalized spacial score (nSPS) is 17.6. The smallest absolute Gasteiger partial charge is 0.263 e. The van der Waals surface area contributed by atoms with E-state index in [9.17, 15) is 4.79 Å². The Morgan fingerprint density at radius 3 is 2.62 bits per heavy atom. The molecular formula is C17H26N2O2. The first-order valence-electron chi connectivity index (χ1n) is 7.84. The first-order valence-corrected chi connectivity index (χ1v) is 7.84. The molecule has 116 valence electrons. The molecule has 1 aromatic carbocycles. The third kappa shape index (κ3) is 3.97. The number of nitrogens with one attached hydrogen (secondary N) is 1. The Hall–Kier alpha value is -1.55. The highest BCUT2D eigenvalue weighted by atomic mass is 16.5. The van der Waals surface area contributed by atoms with Crippen molar-refractivity contribution in [3.05, 3.63) is 29.8 Å². The monoisotopic (exact) mass is 290 g/mol. The number of para-hydroxylation sites is 1. The van der Waals surface area contributed by atoms with E-state index in [1.54, 1.807) is 0 Å². The van der Waals surface area contributed by atoms with Crippen LogP contribution in [0.3, 0.4) is 0 Å². The third-order valence-electron chi connectivity index (χ3n) is 4.22. The molecule has 1 N–H and O–H groups in total. The molecule has 1 aliphatic rings. The number of piperidine rings is 1. The molecule has 0 saturated carbocycles. The maximum Gasteiger partial charge on any atom is 0.263 e. The van der Waals surface area contributed by atoms with Crippen LogP contribution >= 0.6 is 0 Å².